The van der Waals surface area contributed by atoms with Gasteiger partial charge in [0.25, 0.3) is 0 Å². The maximum absolute atomic E-state index is 12.2. The molecule has 0 bridgehead atoms. The number of hydrogen-bond donors (Lipinski definition) is 1. The maximum Gasteiger partial charge on any atom is 0.239 e. The zero-order chi connectivity index (χ0) is 17.6. The van der Waals surface area contributed by atoms with Gasteiger partial charge in [-0.1, -0.05) is 30.5 Å². The van der Waals surface area contributed by atoms with Crippen LogP contribution in [-0.2, 0) is 19.4 Å². The van der Waals surface area contributed by atoms with Gasteiger partial charge in [0.05, 0.1) is 0 Å². The van der Waals surface area contributed by atoms with Gasteiger partial charge in [0.1, 0.15) is 11.5 Å². The lowest BCUT2D eigenvalue weighted by Gasteiger charge is -2.20. The molecule has 0 spiro atoms. The molecule has 1 saturated heterocycles. The molecule has 7 heteroatoms. The quantitative estimate of drug-likeness (QED) is 0.875. The molecule has 0 atom stereocenters. The van der Waals surface area contributed by atoms with Crippen molar-refractivity contribution in [3.63, 3.8) is 0 Å². The summed E-state index contributed by atoms with van der Waals surface area (Å²) in [6, 6.07) is 7.07. The van der Waals surface area contributed by atoms with Crippen LogP contribution in [0.15, 0.2) is 24.3 Å². The first-order chi connectivity index (χ1) is 11.4. The van der Waals surface area contributed by atoms with Crippen molar-refractivity contribution >= 4 is 27.3 Å². The monoisotopic (exact) mass is 352 g/mol. The second-order valence-corrected chi connectivity index (χ2v) is 8.31. The van der Waals surface area contributed by atoms with Crippen molar-refractivity contribution < 1.29 is 18.0 Å². The van der Waals surface area contributed by atoms with Gasteiger partial charge in [0.2, 0.25) is 11.8 Å². The van der Waals surface area contributed by atoms with Gasteiger partial charge in [0.15, 0.2) is 9.84 Å². The number of amides is 2. The Balaban J connectivity index is 1.88. The molecule has 0 radical (unpaired) electrons. The molecular weight excluding hydrogens is 328 g/mol. The van der Waals surface area contributed by atoms with Crippen LogP contribution in [0.1, 0.15) is 31.2 Å². The Morgan fingerprint density at radius 2 is 1.58 bits per heavy atom. The number of aryl methyl sites for hydroxylation is 1. The van der Waals surface area contributed by atoms with Crippen molar-refractivity contribution in [3.8, 4) is 0 Å². The summed E-state index contributed by atoms with van der Waals surface area (Å²) in [6.45, 7) is 3.12. The summed E-state index contributed by atoms with van der Waals surface area (Å²) in [5.74, 6) is -2.31. The van der Waals surface area contributed by atoms with Crippen molar-refractivity contribution in [3.05, 3.63) is 29.8 Å². The second-order valence-electron chi connectivity index (χ2n) is 6.24. The number of carbonyl (C=O) groups is 2. The van der Waals surface area contributed by atoms with Crippen LogP contribution in [0.25, 0.3) is 0 Å². The normalized spacial score (nSPS) is 15.6. The average Bonchev–Trinajstić information content (AvgIpc) is 2.77. The minimum Gasteiger partial charge on any atom is -0.342 e. The predicted octanol–water partition coefficient (Wildman–Crippen LogP) is 1.75. The molecule has 1 N–H and O–H groups in total. The fourth-order valence-corrected chi connectivity index (χ4v) is 3.82. The summed E-state index contributed by atoms with van der Waals surface area (Å²) in [6.07, 6.45) is 3.93. The van der Waals surface area contributed by atoms with Gasteiger partial charge in [0, 0.05) is 18.8 Å². The van der Waals surface area contributed by atoms with Crippen LogP contribution in [0.3, 0.4) is 0 Å². The van der Waals surface area contributed by atoms with Gasteiger partial charge in [-0.3, -0.25) is 9.59 Å². The smallest absolute Gasteiger partial charge is 0.239 e. The Hall–Kier alpha value is -1.89. The first kappa shape index (κ1) is 18.4. The topological polar surface area (TPSA) is 83.5 Å². The highest BCUT2D eigenvalue weighted by Gasteiger charge is 2.24. The Bertz CT molecular complexity index is 675. The number of nitrogens with zero attached hydrogens (tertiary/aromatic N) is 1. The summed E-state index contributed by atoms with van der Waals surface area (Å²) in [5.41, 5.74) is 1.59. The molecule has 1 aliphatic rings. The lowest BCUT2D eigenvalue weighted by molar-refractivity contribution is -0.128. The van der Waals surface area contributed by atoms with Gasteiger partial charge in [-0.2, -0.15) is 0 Å². The van der Waals surface area contributed by atoms with E-state index in [0.717, 1.165) is 31.2 Å². The number of benzene rings is 1. The summed E-state index contributed by atoms with van der Waals surface area (Å²) in [7, 11) is -3.77. The molecular formula is C17H24N2O4S. The van der Waals surface area contributed by atoms with Gasteiger partial charge in [-0.15, -0.1) is 0 Å². The molecule has 0 aromatic heterocycles. The third kappa shape index (κ3) is 5.96. The van der Waals surface area contributed by atoms with Crippen LogP contribution in [0.2, 0.25) is 0 Å². The minimum atomic E-state index is -3.77. The van der Waals surface area contributed by atoms with Crippen LogP contribution in [0.5, 0.6) is 0 Å². The van der Waals surface area contributed by atoms with Crippen LogP contribution < -0.4 is 5.32 Å². The van der Waals surface area contributed by atoms with E-state index in [1.807, 2.05) is 19.1 Å². The van der Waals surface area contributed by atoms with Gasteiger partial charge < -0.3 is 10.2 Å². The van der Waals surface area contributed by atoms with E-state index in [0.29, 0.717) is 18.8 Å². The van der Waals surface area contributed by atoms with Crippen molar-refractivity contribution in [2.45, 2.75) is 32.6 Å². The van der Waals surface area contributed by atoms with Crippen molar-refractivity contribution in [2.75, 3.05) is 29.9 Å². The first-order valence-corrected chi connectivity index (χ1v) is 10.0. The van der Waals surface area contributed by atoms with Gasteiger partial charge in [-0.25, -0.2) is 8.42 Å². The third-order valence-electron chi connectivity index (χ3n) is 3.99. The lowest BCUT2D eigenvalue weighted by atomic mass is 10.2. The van der Waals surface area contributed by atoms with Gasteiger partial charge in [-0.05, 0) is 31.9 Å². The zero-order valence-corrected chi connectivity index (χ0v) is 14.8. The summed E-state index contributed by atoms with van der Waals surface area (Å²) >= 11 is 0. The van der Waals surface area contributed by atoms with Crippen LogP contribution in [-0.4, -0.2) is 49.7 Å². The van der Waals surface area contributed by atoms with Crippen LogP contribution in [0, 0.1) is 6.92 Å². The number of hydrogen-bond acceptors (Lipinski definition) is 4. The number of sulfone groups is 1. The summed E-state index contributed by atoms with van der Waals surface area (Å²) < 4.78 is 24.2. The highest BCUT2D eigenvalue weighted by Crippen LogP contribution is 2.11. The number of nitrogens with one attached hydrogen (secondary N) is 1. The number of anilines is 1. The Labute approximate surface area is 143 Å². The van der Waals surface area contributed by atoms with Crippen molar-refractivity contribution in [1.29, 1.82) is 0 Å². The van der Waals surface area contributed by atoms with Crippen LogP contribution in [0.4, 0.5) is 5.69 Å². The molecule has 132 valence electrons. The van der Waals surface area contributed by atoms with E-state index in [1.165, 1.54) is 0 Å². The Kier molecular flexibility index (Phi) is 6.36. The molecule has 6 nitrogen and oxygen atoms in total. The van der Waals surface area contributed by atoms with E-state index < -0.39 is 33.2 Å². The zero-order valence-electron chi connectivity index (χ0n) is 14.0. The van der Waals surface area contributed by atoms with E-state index in [-0.39, 0.29) is 0 Å². The minimum absolute atomic E-state index is 0.403. The summed E-state index contributed by atoms with van der Waals surface area (Å²) in [4.78, 5) is 25.7. The molecule has 1 aromatic carbocycles. The van der Waals surface area contributed by atoms with E-state index in [2.05, 4.69) is 5.32 Å². The van der Waals surface area contributed by atoms with E-state index in [9.17, 15) is 18.0 Å². The summed E-state index contributed by atoms with van der Waals surface area (Å²) in [5, 5.41) is 2.55. The molecule has 1 heterocycles. The second kappa shape index (κ2) is 8.28. The molecule has 0 aliphatic carbocycles. The highest BCUT2D eigenvalue weighted by atomic mass is 32.2. The van der Waals surface area contributed by atoms with E-state index >= 15 is 0 Å². The van der Waals surface area contributed by atoms with E-state index in [1.54, 1.807) is 17.0 Å². The lowest BCUT2D eigenvalue weighted by Crippen LogP contribution is -2.38. The maximum atomic E-state index is 12.2. The fraction of sp³-hybridized carbons (Fsp3) is 0.529. The molecule has 24 heavy (non-hydrogen) atoms. The Morgan fingerprint density at radius 1 is 1.00 bits per heavy atom. The number of rotatable bonds is 5. The average molecular weight is 352 g/mol. The predicted molar refractivity (Wildman–Crippen MR) is 93.5 cm³/mol. The molecule has 1 fully saturated rings. The van der Waals surface area contributed by atoms with Crippen LogP contribution >= 0.6 is 0 Å². The highest BCUT2D eigenvalue weighted by molar-refractivity contribution is 7.92. The fourth-order valence-electron chi connectivity index (χ4n) is 2.68. The molecule has 2 rings (SSSR count). The number of likely N-dealkylation sites (tertiary alicyclic amines) is 1. The first-order valence-electron chi connectivity index (χ1n) is 8.20. The standard InChI is InChI=1S/C17H24N2O4S/c1-14-6-8-15(9-7-14)18-16(20)12-24(22,23)13-17(21)19-10-4-2-3-5-11-19/h6-9H,2-5,10-13H2,1H3,(H,18,20). The molecule has 0 saturated carbocycles. The third-order valence-corrected chi connectivity index (χ3v) is 5.38. The number of carbonyl (C=O) groups excluding carboxylic acids is 2. The molecule has 1 aromatic rings. The SMILES string of the molecule is Cc1ccc(NC(=O)CS(=O)(=O)CC(=O)N2CCCCCC2)cc1. The van der Waals surface area contributed by atoms with E-state index in [4.69, 9.17) is 0 Å². The Morgan fingerprint density at radius 3 is 2.17 bits per heavy atom. The molecule has 2 amide bonds. The molecule has 0 unspecified atom stereocenters. The van der Waals surface area contributed by atoms with Crippen molar-refractivity contribution in [2.24, 2.45) is 0 Å². The van der Waals surface area contributed by atoms with Crippen molar-refractivity contribution in [1.82, 2.24) is 4.90 Å². The largest absolute Gasteiger partial charge is 0.342 e. The van der Waals surface area contributed by atoms with Gasteiger partial charge >= 0.3 is 0 Å². The molecule has 1 aliphatic heterocycles.